The molecule has 0 aliphatic heterocycles. The number of guanidine groups is 1. The molecule has 4 amide bonds. The summed E-state index contributed by atoms with van der Waals surface area (Å²) < 4.78 is 0. The van der Waals surface area contributed by atoms with Crippen molar-refractivity contribution in [3.05, 3.63) is 35.9 Å². The molecule has 12 N–H and O–H groups in total. The molecule has 1 rings (SSSR count). The van der Waals surface area contributed by atoms with Crippen LogP contribution in [-0.2, 0) is 30.4 Å². The van der Waals surface area contributed by atoms with E-state index in [1.54, 1.807) is 44.2 Å². The first kappa shape index (κ1) is 32.8. The molecule has 0 saturated carbocycles. The van der Waals surface area contributed by atoms with Gasteiger partial charge in [0.1, 0.15) is 18.1 Å². The molecule has 0 heterocycles. The normalized spacial score (nSPS) is 13.8. The van der Waals surface area contributed by atoms with E-state index in [1.165, 1.54) is 0 Å². The minimum absolute atomic E-state index is 0.0195. The maximum Gasteiger partial charge on any atom is 0.326 e. The lowest BCUT2D eigenvalue weighted by atomic mass is 10.0. The van der Waals surface area contributed by atoms with Crippen LogP contribution < -0.4 is 38.9 Å². The Labute approximate surface area is 227 Å². The number of benzene rings is 1. The highest BCUT2D eigenvalue weighted by Crippen LogP contribution is 2.08. The van der Waals surface area contributed by atoms with Crippen LogP contribution in [0, 0.1) is 5.92 Å². The van der Waals surface area contributed by atoms with E-state index < -0.39 is 59.7 Å². The molecule has 14 heteroatoms. The van der Waals surface area contributed by atoms with Gasteiger partial charge in [0, 0.05) is 19.4 Å². The van der Waals surface area contributed by atoms with Gasteiger partial charge in [-0.3, -0.25) is 24.2 Å². The van der Waals surface area contributed by atoms with Crippen molar-refractivity contribution < 1.29 is 29.1 Å². The van der Waals surface area contributed by atoms with Gasteiger partial charge in [0.05, 0.1) is 6.04 Å². The smallest absolute Gasteiger partial charge is 0.326 e. The van der Waals surface area contributed by atoms with E-state index in [0.717, 1.165) is 5.56 Å². The zero-order chi connectivity index (χ0) is 29.5. The molecule has 0 fully saturated rings. The molecule has 0 aliphatic carbocycles. The zero-order valence-corrected chi connectivity index (χ0v) is 22.3. The number of carbonyl (C=O) groups excluding carboxylic acids is 4. The number of hydrogen-bond donors (Lipinski definition) is 8. The molecule has 39 heavy (non-hydrogen) atoms. The van der Waals surface area contributed by atoms with Crippen LogP contribution in [-0.4, -0.2) is 71.4 Å². The van der Waals surface area contributed by atoms with Crippen molar-refractivity contribution in [2.24, 2.45) is 33.8 Å². The Morgan fingerprint density at radius 3 is 2.00 bits per heavy atom. The Balaban J connectivity index is 3.14. The Kier molecular flexibility index (Phi) is 14.0. The van der Waals surface area contributed by atoms with Crippen molar-refractivity contribution in [3.63, 3.8) is 0 Å². The highest BCUT2D eigenvalue weighted by molar-refractivity contribution is 5.94. The molecule has 0 bridgehead atoms. The Bertz CT molecular complexity index is 1010. The molecule has 1 aromatic carbocycles. The third-order valence-corrected chi connectivity index (χ3v) is 5.76. The molecule has 0 aromatic heterocycles. The SMILES string of the molecule is CC(C)C(NC(=O)C(Cc1ccccc1)NC(=O)C(CCCN=C(N)N)NC(=O)C(N)CCC(N)=O)C(=O)O. The zero-order valence-electron chi connectivity index (χ0n) is 22.3. The number of hydrogen-bond acceptors (Lipinski definition) is 7. The van der Waals surface area contributed by atoms with E-state index in [-0.39, 0.29) is 38.2 Å². The topological polar surface area (TPSA) is 258 Å². The molecule has 0 radical (unpaired) electrons. The average molecular weight is 549 g/mol. The van der Waals surface area contributed by atoms with Crippen molar-refractivity contribution in [1.82, 2.24) is 16.0 Å². The lowest BCUT2D eigenvalue weighted by Crippen LogP contribution is -2.58. The van der Waals surface area contributed by atoms with Gasteiger partial charge in [-0.2, -0.15) is 0 Å². The predicted molar refractivity (Wildman–Crippen MR) is 145 cm³/mol. The van der Waals surface area contributed by atoms with Crippen LogP contribution in [0.1, 0.15) is 45.1 Å². The van der Waals surface area contributed by atoms with Crippen molar-refractivity contribution >= 4 is 35.6 Å². The number of nitrogens with two attached hydrogens (primary N) is 4. The second kappa shape index (κ2) is 16.6. The number of rotatable bonds is 17. The van der Waals surface area contributed by atoms with Crippen molar-refractivity contribution in [2.45, 2.75) is 70.1 Å². The van der Waals surface area contributed by atoms with Crippen LogP contribution in [0.25, 0.3) is 0 Å². The van der Waals surface area contributed by atoms with Gasteiger partial charge in [-0.05, 0) is 30.7 Å². The van der Waals surface area contributed by atoms with Crippen LogP contribution in [0.15, 0.2) is 35.3 Å². The fraction of sp³-hybridized carbons (Fsp3) is 0.520. The third kappa shape index (κ3) is 12.7. The van der Waals surface area contributed by atoms with Crippen molar-refractivity contribution in [3.8, 4) is 0 Å². The van der Waals surface area contributed by atoms with Gasteiger partial charge < -0.3 is 44.0 Å². The summed E-state index contributed by atoms with van der Waals surface area (Å²) in [5, 5.41) is 17.2. The summed E-state index contributed by atoms with van der Waals surface area (Å²) in [7, 11) is 0. The van der Waals surface area contributed by atoms with E-state index in [2.05, 4.69) is 20.9 Å². The summed E-state index contributed by atoms with van der Waals surface area (Å²) in [6.07, 6.45) is 0.330. The van der Waals surface area contributed by atoms with Crippen LogP contribution in [0.3, 0.4) is 0 Å². The van der Waals surface area contributed by atoms with E-state index in [9.17, 15) is 29.1 Å². The van der Waals surface area contributed by atoms with E-state index in [4.69, 9.17) is 22.9 Å². The molecular formula is C25H40N8O6. The van der Waals surface area contributed by atoms with Gasteiger partial charge in [0.2, 0.25) is 23.6 Å². The van der Waals surface area contributed by atoms with Crippen LogP contribution >= 0.6 is 0 Å². The van der Waals surface area contributed by atoms with Gasteiger partial charge in [-0.25, -0.2) is 4.79 Å². The number of carbonyl (C=O) groups is 5. The minimum Gasteiger partial charge on any atom is -0.480 e. The monoisotopic (exact) mass is 548 g/mol. The van der Waals surface area contributed by atoms with E-state index in [1.807, 2.05) is 0 Å². The number of aliphatic imine (C=N–C) groups is 1. The molecule has 0 spiro atoms. The molecule has 1 aromatic rings. The van der Waals surface area contributed by atoms with E-state index >= 15 is 0 Å². The third-order valence-electron chi connectivity index (χ3n) is 5.76. The molecular weight excluding hydrogens is 508 g/mol. The number of primary amides is 1. The summed E-state index contributed by atoms with van der Waals surface area (Å²) in [6.45, 7) is 3.47. The standard InChI is InChI=1S/C25H40N8O6/c1-14(2)20(24(38)39)33-23(37)18(13-15-7-4-3-5-8-15)32-22(36)17(9-6-12-30-25(28)29)31-21(35)16(26)10-11-19(27)34/h3-5,7-8,14,16-18,20H,6,9-13,26H2,1-2H3,(H2,27,34)(H,31,35)(H,32,36)(H,33,37)(H,38,39)(H4,28,29,30). The number of carboxylic acids is 1. The first-order valence-electron chi connectivity index (χ1n) is 12.6. The maximum atomic E-state index is 13.3. The second-order valence-electron chi connectivity index (χ2n) is 9.44. The first-order chi connectivity index (χ1) is 18.3. The largest absolute Gasteiger partial charge is 0.480 e. The molecule has 4 unspecified atom stereocenters. The highest BCUT2D eigenvalue weighted by Gasteiger charge is 2.31. The molecule has 0 aliphatic rings. The first-order valence-corrected chi connectivity index (χ1v) is 12.6. The average Bonchev–Trinajstić information content (AvgIpc) is 2.86. The van der Waals surface area contributed by atoms with E-state index in [0.29, 0.717) is 6.42 Å². The Hall–Kier alpha value is -4.20. The minimum atomic E-state index is -1.21. The van der Waals surface area contributed by atoms with Gasteiger partial charge >= 0.3 is 5.97 Å². The second-order valence-corrected chi connectivity index (χ2v) is 9.44. The predicted octanol–water partition coefficient (Wildman–Crippen LogP) is -1.93. The summed E-state index contributed by atoms with van der Waals surface area (Å²) in [6, 6.07) is 4.29. The molecule has 4 atom stereocenters. The van der Waals surface area contributed by atoms with Crippen LogP contribution in [0.5, 0.6) is 0 Å². The van der Waals surface area contributed by atoms with Gasteiger partial charge in [-0.15, -0.1) is 0 Å². The molecule has 216 valence electrons. The molecule has 14 nitrogen and oxygen atoms in total. The molecule has 0 saturated heterocycles. The van der Waals surface area contributed by atoms with Gasteiger partial charge in [0.25, 0.3) is 0 Å². The summed E-state index contributed by atoms with van der Waals surface area (Å²) >= 11 is 0. The highest BCUT2D eigenvalue weighted by atomic mass is 16.4. The quantitative estimate of drug-likeness (QED) is 0.0611. The van der Waals surface area contributed by atoms with Crippen molar-refractivity contribution in [2.75, 3.05) is 6.54 Å². The number of carboxylic acid groups (broad SMARTS) is 1. The van der Waals surface area contributed by atoms with Crippen LogP contribution in [0.4, 0.5) is 0 Å². The van der Waals surface area contributed by atoms with Crippen molar-refractivity contribution in [1.29, 1.82) is 0 Å². The summed E-state index contributed by atoms with van der Waals surface area (Å²) in [5.74, 6) is -4.46. The number of aliphatic carboxylic acids is 1. The summed E-state index contributed by atoms with van der Waals surface area (Å²) in [5.41, 5.74) is 22.4. The number of nitrogens with one attached hydrogen (secondary N) is 3. The number of nitrogens with zero attached hydrogens (tertiary/aromatic N) is 1. The number of amides is 4. The fourth-order valence-corrected chi connectivity index (χ4v) is 3.58. The Morgan fingerprint density at radius 2 is 1.46 bits per heavy atom. The maximum absolute atomic E-state index is 13.3. The lowest BCUT2D eigenvalue weighted by molar-refractivity contribution is -0.143. The Morgan fingerprint density at radius 1 is 0.872 bits per heavy atom. The van der Waals surface area contributed by atoms with Gasteiger partial charge in [0.15, 0.2) is 5.96 Å². The fourth-order valence-electron chi connectivity index (χ4n) is 3.58. The van der Waals surface area contributed by atoms with Crippen LogP contribution in [0.2, 0.25) is 0 Å². The van der Waals surface area contributed by atoms with Gasteiger partial charge in [-0.1, -0.05) is 44.2 Å². The summed E-state index contributed by atoms with van der Waals surface area (Å²) in [4.78, 5) is 65.7. The lowest BCUT2D eigenvalue weighted by Gasteiger charge is -2.26.